The van der Waals surface area contributed by atoms with Gasteiger partial charge in [0.2, 0.25) is 0 Å². The summed E-state index contributed by atoms with van der Waals surface area (Å²) in [6.07, 6.45) is 0.725. The molecule has 0 amide bonds. The maximum Gasteiger partial charge on any atom is 0.152 e. The van der Waals surface area contributed by atoms with E-state index in [0.717, 1.165) is 23.0 Å². The first-order valence-electron chi connectivity index (χ1n) is 6.45. The topological polar surface area (TPSA) is 32.9 Å². The molecule has 1 heterocycles. The second-order valence-electron chi connectivity index (χ2n) is 4.96. The predicted octanol–water partition coefficient (Wildman–Crippen LogP) is 4.40. The fourth-order valence-electron chi connectivity index (χ4n) is 2.61. The van der Waals surface area contributed by atoms with Crippen LogP contribution in [0.2, 0.25) is 0 Å². The van der Waals surface area contributed by atoms with Crippen molar-refractivity contribution in [2.75, 3.05) is 0 Å². The number of carbonyl (C=O) groups excluding carboxylic acids is 1. The van der Waals surface area contributed by atoms with Gasteiger partial charge in [0.05, 0.1) is 16.8 Å². The van der Waals surface area contributed by atoms with Crippen LogP contribution in [0, 0.1) is 19.7 Å². The molecule has 0 radical (unpaired) electrons. The van der Waals surface area contributed by atoms with E-state index in [2.05, 4.69) is 4.98 Å². The largest absolute Gasteiger partial charge is 0.354 e. The van der Waals surface area contributed by atoms with E-state index in [9.17, 15) is 9.18 Å². The van der Waals surface area contributed by atoms with Gasteiger partial charge in [0, 0.05) is 10.9 Å². The van der Waals surface area contributed by atoms with E-state index >= 15 is 0 Å². The van der Waals surface area contributed by atoms with E-state index in [0.29, 0.717) is 22.2 Å². The average Bonchev–Trinajstić information content (AvgIpc) is 2.84. The molecular formula is C17H14FNO. The third-order valence-corrected chi connectivity index (χ3v) is 3.68. The Bertz CT molecular complexity index is 817. The molecule has 2 aromatic carbocycles. The maximum atomic E-state index is 14.1. The van der Waals surface area contributed by atoms with E-state index in [4.69, 9.17) is 0 Å². The van der Waals surface area contributed by atoms with Crippen molar-refractivity contribution in [1.29, 1.82) is 0 Å². The van der Waals surface area contributed by atoms with Crippen LogP contribution in [-0.2, 0) is 0 Å². The summed E-state index contributed by atoms with van der Waals surface area (Å²) in [7, 11) is 0. The molecule has 0 spiro atoms. The molecule has 3 aromatic rings. The number of fused-ring (bicyclic) bond motifs is 1. The highest BCUT2D eigenvalue weighted by atomic mass is 19.1. The number of rotatable bonds is 2. The van der Waals surface area contributed by atoms with E-state index in [1.54, 1.807) is 6.07 Å². The number of aryl methyl sites for hydroxylation is 2. The zero-order chi connectivity index (χ0) is 14.3. The lowest BCUT2D eigenvalue weighted by Crippen LogP contribution is -1.88. The molecule has 0 aliphatic carbocycles. The van der Waals surface area contributed by atoms with E-state index < -0.39 is 0 Å². The number of H-pyrrole nitrogens is 1. The summed E-state index contributed by atoms with van der Waals surface area (Å²) in [5.74, 6) is -0.371. The number of benzene rings is 2. The number of carbonyl (C=O) groups is 1. The fraction of sp³-hybridized carbons (Fsp3) is 0.118. The van der Waals surface area contributed by atoms with Crippen molar-refractivity contribution in [3.8, 4) is 11.3 Å². The van der Waals surface area contributed by atoms with Crippen LogP contribution >= 0.6 is 0 Å². The highest BCUT2D eigenvalue weighted by molar-refractivity contribution is 6.05. The molecule has 0 aliphatic heterocycles. The van der Waals surface area contributed by atoms with Crippen molar-refractivity contribution in [3.05, 3.63) is 58.9 Å². The number of aromatic nitrogens is 1. The molecule has 3 heteroatoms. The van der Waals surface area contributed by atoms with Crippen molar-refractivity contribution < 1.29 is 9.18 Å². The summed E-state index contributed by atoms with van der Waals surface area (Å²) in [5.41, 5.74) is 4.64. The van der Waals surface area contributed by atoms with Gasteiger partial charge in [-0.05, 0) is 31.0 Å². The second kappa shape index (κ2) is 4.60. The molecule has 0 saturated carbocycles. The molecule has 0 saturated heterocycles. The summed E-state index contributed by atoms with van der Waals surface area (Å²) in [6.45, 7) is 3.87. The minimum atomic E-state index is -0.371. The van der Waals surface area contributed by atoms with Gasteiger partial charge in [-0.3, -0.25) is 4.79 Å². The molecule has 3 rings (SSSR count). The van der Waals surface area contributed by atoms with Gasteiger partial charge in [0.25, 0.3) is 0 Å². The Hall–Kier alpha value is -2.42. The number of aldehydes is 1. The van der Waals surface area contributed by atoms with Crippen molar-refractivity contribution in [2.24, 2.45) is 0 Å². The van der Waals surface area contributed by atoms with Crippen LogP contribution in [0.3, 0.4) is 0 Å². The standard InChI is InChI=1S/C17H14FNO/c1-10-5-3-4-6-12(10)17-13(9-20)15-14(18)8-7-11(2)16(15)19-17/h3-9,19H,1-2H3. The monoisotopic (exact) mass is 267 g/mol. The lowest BCUT2D eigenvalue weighted by molar-refractivity contribution is 0.112. The summed E-state index contributed by atoms with van der Waals surface area (Å²) >= 11 is 0. The van der Waals surface area contributed by atoms with Crippen molar-refractivity contribution in [3.63, 3.8) is 0 Å². The van der Waals surface area contributed by atoms with Gasteiger partial charge in [-0.25, -0.2) is 4.39 Å². The highest BCUT2D eigenvalue weighted by Gasteiger charge is 2.18. The molecule has 0 fully saturated rings. The fourth-order valence-corrected chi connectivity index (χ4v) is 2.61. The maximum absolute atomic E-state index is 14.1. The second-order valence-corrected chi connectivity index (χ2v) is 4.96. The summed E-state index contributed by atoms with van der Waals surface area (Å²) in [4.78, 5) is 14.7. The Labute approximate surface area is 116 Å². The number of hydrogen-bond donors (Lipinski definition) is 1. The van der Waals surface area contributed by atoms with E-state index in [1.165, 1.54) is 6.07 Å². The minimum Gasteiger partial charge on any atom is -0.354 e. The molecule has 1 aromatic heterocycles. The lowest BCUT2D eigenvalue weighted by Gasteiger charge is -2.03. The van der Waals surface area contributed by atoms with Crippen LogP contribution < -0.4 is 0 Å². The van der Waals surface area contributed by atoms with Gasteiger partial charge in [0.15, 0.2) is 6.29 Å². The Morgan fingerprint density at radius 2 is 1.80 bits per heavy atom. The Kier molecular flexibility index (Phi) is 2.90. The highest BCUT2D eigenvalue weighted by Crippen LogP contribution is 2.33. The predicted molar refractivity (Wildman–Crippen MR) is 78.6 cm³/mol. The Morgan fingerprint density at radius 1 is 1.05 bits per heavy atom. The molecule has 1 N–H and O–H groups in total. The first kappa shape index (κ1) is 12.6. The first-order valence-corrected chi connectivity index (χ1v) is 6.45. The van der Waals surface area contributed by atoms with Crippen molar-refractivity contribution >= 4 is 17.2 Å². The van der Waals surface area contributed by atoms with E-state index in [1.807, 2.05) is 38.1 Å². The quantitative estimate of drug-likeness (QED) is 0.686. The first-order chi connectivity index (χ1) is 9.63. The molecule has 100 valence electrons. The van der Waals surface area contributed by atoms with Gasteiger partial charge in [0.1, 0.15) is 5.82 Å². The molecule has 0 bridgehead atoms. The van der Waals surface area contributed by atoms with Gasteiger partial charge in [-0.15, -0.1) is 0 Å². The van der Waals surface area contributed by atoms with Crippen molar-refractivity contribution in [1.82, 2.24) is 4.98 Å². The van der Waals surface area contributed by atoms with Crippen LogP contribution in [-0.4, -0.2) is 11.3 Å². The lowest BCUT2D eigenvalue weighted by atomic mass is 10.0. The van der Waals surface area contributed by atoms with Crippen LogP contribution in [0.25, 0.3) is 22.2 Å². The SMILES string of the molecule is Cc1ccccc1-c1[nH]c2c(C)ccc(F)c2c1C=O. The van der Waals surface area contributed by atoms with Gasteiger partial charge < -0.3 is 4.98 Å². The average molecular weight is 267 g/mol. The smallest absolute Gasteiger partial charge is 0.152 e. The minimum absolute atomic E-state index is 0.371. The normalized spacial score (nSPS) is 10.9. The van der Waals surface area contributed by atoms with Crippen LogP contribution in [0.4, 0.5) is 4.39 Å². The van der Waals surface area contributed by atoms with Crippen LogP contribution in [0.5, 0.6) is 0 Å². The summed E-state index contributed by atoms with van der Waals surface area (Å²) in [6, 6.07) is 10.9. The van der Waals surface area contributed by atoms with Crippen molar-refractivity contribution in [2.45, 2.75) is 13.8 Å². The van der Waals surface area contributed by atoms with Gasteiger partial charge in [-0.1, -0.05) is 30.3 Å². The number of hydrogen-bond acceptors (Lipinski definition) is 1. The van der Waals surface area contributed by atoms with Crippen LogP contribution in [0.15, 0.2) is 36.4 Å². The van der Waals surface area contributed by atoms with E-state index in [-0.39, 0.29) is 5.82 Å². The third kappa shape index (κ3) is 1.74. The zero-order valence-corrected chi connectivity index (χ0v) is 11.3. The molecular weight excluding hydrogens is 253 g/mol. The molecule has 0 aliphatic rings. The summed E-state index contributed by atoms with van der Waals surface area (Å²) < 4.78 is 14.1. The van der Waals surface area contributed by atoms with Crippen LogP contribution in [0.1, 0.15) is 21.5 Å². The molecule has 20 heavy (non-hydrogen) atoms. The molecule has 0 atom stereocenters. The van der Waals surface area contributed by atoms with Gasteiger partial charge in [-0.2, -0.15) is 0 Å². The van der Waals surface area contributed by atoms with Gasteiger partial charge >= 0.3 is 0 Å². The number of halogens is 1. The zero-order valence-electron chi connectivity index (χ0n) is 11.3. The third-order valence-electron chi connectivity index (χ3n) is 3.68. The molecule has 0 unspecified atom stereocenters. The Morgan fingerprint density at radius 3 is 2.50 bits per heavy atom. The number of nitrogens with one attached hydrogen (secondary N) is 1. The molecule has 2 nitrogen and oxygen atoms in total. The Balaban J connectivity index is 2.44. The summed E-state index contributed by atoms with van der Waals surface area (Å²) in [5, 5.41) is 0.373. The number of aromatic amines is 1.